The number of ether oxygens (including phenoxy) is 3. The molecule has 27 heavy (non-hydrogen) atoms. The van der Waals surface area contributed by atoms with Gasteiger partial charge in [-0.3, -0.25) is 9.59 Å². The van der Waals surface area contributed by atoms with E-state index in [0.717, 1.165) is 18.4 Å². The summed E-state index contributed by atoms with van der Waals surface area (Å²) in [6.45, 7) is 2.91. The Morgan fingerprint density at radius 3 is 2.63 bits per heavy atom. The Morgan fingerprint density at radius 2 is 1.89 bits per heavy atom. The highest BCUT2D eigenvalue weighted by Crippen LogP contribution is 2.40. The monoisotopic (exact) mass is 392 g/mol. The first-order valence-corrected chi connectivity index (χ1v) is 9.46. The molecule has 3 aliphatic heterocycles. The summed E-state index contributed by atoms with van der Waals surface area (Å²) in [6, 6.07) is 3.52. The Bertz CT molecular complexity index is 768. The number of piperazine rings is 1. The second kappa shape index (κ2) is 7.78. The molecule has 144 valence electrons. The highest BCUT2D eigenvalue weighted by Gasteiger charge is 2.31. The first kappa shape index (κ1) is 18.1. The summed E-state index contributed by atoms with van der Waals surface area (Å²) in [4.78, 5) is 28.3. The summed E-state index contributed by atoms with van der Waals surface area (Å²) >= 11 is 6.16. The molecule has 4 rings (SSSR count). The third-order valence-corrected chi connectivity index (χ3v) is 5.26. The van der Waals surface area contributed by atoms with Gasteiger partial charge in [0, 0.05) is 38.9 Å². The lowest BCUT2D eigenvalue weighted by atomic mass is 10.1. The number of rotatable bonds is 3. The molecule has 1 unspecified atom stereocenters. The minimum atomic E-state index is -0.303. The van der Waals surface area contributed by atoms with Crippen LogP contribution in [-0.2, 0) is 14.3 Å². The summed E-state index contributed by atoms with van der Waals surface area (Å²) in [5.41, 5.74) is 0.768. The first-order valence-electron chi connectivity index (χ1n) is 9.08. The van der Waals surface area contributed by atoms with Gasteiger partial charge in [0.1, 0.15) is 6.10 Å². The van der Waals surface area contributed by atoms with Crippen LogP contribution in [0.15, 0.2) is 18.2 Å². The predicted molar refractivity (Wildman–Crippen MR) is 98.7 cm³/mol. The molecule has 0 saturated carbocycles. The number of fused-ring (bicyclic) bond motifs is 1. The highest BCUT2D eigenvalue weighted by molar-refractivity contribution is 6.32. The van der Waals surface area contributed by atoms with Crippen molar-refractivity contribution in [2.24, 2.45) is 0 Å². The standard InChI is InChI=1S/C19H21ClN2O5/c20-14-10-13(11-16-18(14)27-12-26-16)3-4-17(23)21-5-7-22(8-6-21)19(24)15-2-1-9-25-15/h3-4,10-11,15H,1-2,5-9,12H2. The molecule has 1 aromatic rings. The maximum absolute atomic E-state index is 12.4. The fourth-order valence-electron chi connectivity index (χ4n) is 3.48. The molecule has 8 heteroatoms. The van der Waals surface area contributed by atoms with Gasteiger partial charge >= 0.3 is 0 Å². The van der Waals surface area contributed by atoms with E-state index in [9.17, 15) is 9.59 Å². The average molecular weight is 393 g/mol. The highest BCUT2D eigenvalue weighted by atomic mass is 35.5. The quantitative estimate of drug-likeness (QED) is 0.735. The van der Waals surface area contributed by atoms with Crippen molar-refractivity contribution in [1.29, 1.82) is 0 Å². The first-order chi connectivity index (χ1) is 13.1. The zero-order valence-corrected chi connectivity index (χ0v) is 15.6. The van der Waals surface area contributed by atoms with Crippen molar-refractivity contribution < 1.29 is 23.8 Å². The van der Waals surface area contributed by atoms with Gasteiger partial charge in [-0.25, -0.2) is 0 Å². The molecule has 2 amide bonds. The van der Waals surface area contributed by atoms with Crippen molar-refractivity contribution in [2.75, 3.05) is 39.6 Å². The average Bonchev–Trinajstić information content (AvgIpc) is 3.37. The van der Waals surface area contributed by atoms with Crippen molar-refractivity contribution >= 4 is 29.5 Å². The number of hydrogen-bond donors (Lipinski definition) is 0. The van der Waals surface area contributed by atoms with Gasteiger partial charge in [0.05, 0.1) is 5.02 Å². The molecule has 0 N–H and O–H groups in total. The minimum Gasteiger partial charge on any atom is -0.454 e. The SMILES string of the molecule is O=C(C=Cc1cc(Cl)c2c(c1)OCO2)N1CCN(C(=O)C2CCCO2)CC1. The fraction of sp³-hybridized carbons (Fsp3) is 0.474. The molecule has 0 bridgehead atoms. The predicted octanol–water partition coefficient (Wildman–Crippen LogP) is 1.93. The number of carbonyl (C=O) groups excluding carboxylic acids is 2. The molecule has 0 aliphatic carbocycles. The molecule has 1 aromatic carbocycles. The van der Waals surface area contributed by atoms with E-state index in [1.165, 1.54) is 6.08 Å². The van der Waals surface area contributed by atoms with Gasteiger partial charge in [-0.05, 0) is 36.6 Å². The molecule has 7 nitrogen and oxygen atoms in total. The topological polar surface area (TPSA) is 68.3 Å². The molecule has 3 aliphatic rings. The van der Waals surface area contributed by atoms with Crippen LogP contribution < -0.4 is 9.47 Å². The normalized spacial score (nSPS) is 21.9. The molecule has 2 saturated heterocycles. The summed E-state index contributed by atoms with van der Waals surface area (Å²) in [7, 11) is 0. The third kappa shape index (κ3) is 3.89. The van der Waals surface area contributed by atoms with Gasteiger partial charge < -0.3 is 24.0 Å². The fourth-order valence-corrected chi connectivity index (χ4v) is 3.75. The second-order valence-electron chi connectivity index (χ2n) is 6.72. The number of hydrogen-bond acceptors (Lipinski definition) is 5. The number of amides is 2. The van der Waals surface area contributed by atoms with Crippen LogP contribution in [0.4, 0.5) is 0 Å². The van der Waals surface area contributed by atoms with Gasteiger partial charge in [-0.15, -0.1) is 0 Å². The summed E-state index contributed by atoms with van der Waals surface area (Å²) in [5.74, 6) is 1.07. The Kier molecular flexibility index (Phi) is 5.22. The van der Waals surface area contributed by atoms with Gasteiger partial charge in [-0.2, -0.15) is 0 Å². The lowest BCUT2D eigenvalue weighted by molar-refractivity contribution is -0.144. The van der Waals surface area contributed by atoms with Gasteiger partial charge in [-0.1, -0.05) is 11.6 Å². The van der Waals surface area contributed by atoms with Gasteiger partial charge in [0.25, 0.3) is 5.91 Å². The number of benzene rings is 1. The van der Waals surface area contributed by atoms with Crippen LogP contribution in [0.5, 0.6) is 11.5 Å². The van der Waals surface area contributed by atoms with Crippen LogP contribution >= 0.6 is 11.6 Å². The van der Waals surface area contributed by atoms with E-state index in [4.69, 9.17) is 25.8 Å². The summed E-state index contributed by atoms with van der Waals surface area (Å²) in [5, 5.41) is 0.457. The summed E-state index contributed by atoms with van der Waals surface area (Å²) in [6.07, 6.45) is 4.65. The Hall–Kier alpha value is -2.25. The van der Waals surface area contributed by atoms with Crippen molar-refractivity contribution in [3.63, 3.8) is 0 Å². The lowest BCUT2D eigenvalue weighted by Gasteiger charge is -2.35. The van der Waals surface area contributed by atoms with Gasteiger partial charge in [0.2, 0.25) is 12.7 Å². The Balaban J connectivity index is 1.32. The van der Waals surface area contributed by atoms with E-state index in [-0.39, 0.29) is 24.7 Å². The van der Waals surface area contributed by atoms with E-state index >= 15 is 0 Å². The third-order valence-electron chi connectivity index (χ3n) is 4.98. The van der Waals surface area contributed by atoms with Crippen LogP contribution in [0.2, 0.25) is 5.02 Å². The second-order valence-corrected chi connectivity index (χ2v) is 7.13. The largest absolute Gasteiger partial charge is 0.454 e. The maximum Gasteiger partial charge on any atom is 0.251 e. The van der Waals surface area contributed by atoms with E-state index in [1.54, 1.807) is 28.0 Å². The molecule has 2 fully saturated rings. The molecule has 3 heterocycles. The van der Waals surface area contributed by atoms with Crippen LogP contribution in [-0.4, -0.2) is 67.3 Å². The zero-order chi connectivity index (χ0) is 18.8. The number of halogens is 1. The van der Waals surface area contributed by atoms with Crippen molar-refractivity contribution in [1.82, 2.24) is 9.80 Å². The van der Waals surface area contributed by atoms with E-state index in [1.807, 2.05) is 0 Å². The van der Waals surface area contributed by atoms with Crippen molar-refractivity contribution in [2.45, 2.75) is 18.9 Å². The molecular formula is C19H21ClN2O5. The van der Waals surface area contributed by atoms with Crippen molar-refractivity contribution in [3.05, 3.63) is 28.8 Å². The smallest absolute Gasteiger partial charge is 0.251 e. The van der Waals surface area contributed by atoms with Gasteiger partial charge in [0.15, 0.2) is 11.5 Å². The zero-order valence-electron chi connectivity index (χ0n) is 14.9. The van der Waals surface area contributed by atoms with E-state index in [2.05, 4.69) is 0 Å². The van der Waals surface area contributed by atoms with Crippen LogP contribution in [0.3, 0.4) is 0 Å². The Labute approximate surface area is 162 Å². The molecule has 1 atom stereocenters. The summed E-state index contributed by atoms with van der Waals surface area (Å²) < 4.78 is 16.1. The lowest BCUT2D eigenvalue weighted by Crippen LogP contribution is -2.52. The van der Waals surface area contributed by atoms with E-state index in [0.29, 0.717) is 49.3 Å². The number of carbonyl (C=O) groups is 2. The number of nitrogens with zero attached hydrogens (tertiary/aromatic N) is 2. The molecule has 0 spiro atoms. The van der Waals surface area contributed by atoms with E-state index < -0.39 is 0 Å². The van der Waals surface area contributed by atoms with Crippen molar-refractivity contribution in [3.8, 4) is 11.5 Å². The molecule has 0 aromatic heterocycles. The maximum atomic E-state index is 12.4. The minimum absolute atomic E-state index is 0.0464. The Morgan fingerprint density at radius 1 is 1.11 bits per heavy atom. The van der Waals surface area contributed by atoms with Crippen LogP contribution in [0.1, 0.15) is 18.4 Å². The molecule has 0 radical (unpaired) electrons. The van der Waals surface area contributed by atoms with Crippen LogP contribution in [0, 0.1) is 0 Å². The molecular weight excluding hydrogens is 372 g/mol. The van der Waals surface area contributed by atoms with Crippen LogP contribution in [0.25, 0.3) is 6.08 Å².